The molecule has 0 unspecified atom stereocenters. The van der Waals surface area contributed by atoms with Crippen molar-refractivity contribution >= 4 is 11.6 Å². The molecule has 3 aromatic rings. The molecule has 29 heavy (non-hydrogen) atoms. The molecular weight excluding hydrogens is 362 g/mol. The molecule has 0 N–H and O–H groups in total. The highest BCUT2D eigenvalue weighted by Crippen LogP contribution is 2.28. The van der Waals surface area contributed by atoms with Gasteiger partial charge in [-0.1, -0.05) is 36.4 Å². The summed E-state index contributed by atoms with van der Waals surface area (Å²) in [7, 11) is 1.84. The van der Waals surface area contributed by atoms with Crippen LogP contribution in [-0.4, -0.2) is 49.1 Å². The summed E-state index contributed by atoms with van der Waals surface area (Å²) in [6.07, 6.45) is 1.76. The Morgan fingerprint density at radius 2 is 1.66 bits per heavy atom. The van der Waals surface area contributed by atoms with E-state index in [9.17, 15) is 4.79 Å². The zero-order chi connectivity index (χ0) is 20.1. The minimum atomic E-state index is -0.246. The van der Waals surface area contributed by atoms with Gasteiger partial charge in [-0.2, -0.15) is 0 Å². The van der Waals surface area contributed by atoms with Gasteiger partial charge in [-0.25, -0.2) is 0 Å². The fourth-order valence-corrected chi connectivity index (χ4v) is 3.72. The highest BCUT2D eigenvalue weighted by Gasteiger charge is 2.25. The molecule has 0 saturated carbocycles. The predicted molar refractivity (Wildman–Crippen MR) is 114 cm³/mol. The van der Waals surface area contributed by atoms with Gasteiger partial charge in [0.25, 0.3) is 5.91 Å². The van der Waals surface area contributed by atoms with E-state index in [1.807, 2.05) is 79.8 Å². The van der Waals surface area contributed by atoms with Crippen LogP contribution in [0.4, 0.5) is 5.69 Å². The van der Waals surface area contributed by atoms with E-state index in [1.165, 1.54) is 0 Å². The summed E-state index contributed by atoms with van der Waals surface area (Å²) < 4.78 is 5.42. The van der Waals surface area contributed by atoms with Crippen molar-refractivity contribution in [2.24, 2.45) is 0 Å². The molecule has 1 amide bonds. The van der Waals surface area contributed by atoms with Crippen molar-refractivity contribution in [3.63, 3.8) is 0 Å². The molecule has 4 rings (SSSR count). The Balaban J connectivity index is 1.59. The van der Waals surface area contributed by atoms with Crippen LogP contribution < -0.4 is 4.90 Å². The molecule has 5 nitrogen and oxygen atoms in total. The monoisotopic (exact) mass is 387 g/mol. The van der Waals surface area contributed by atoms with E-state index in [4.69, 9.17) is 4.74 Å². The molecule has 0 radical (unpaired) electrons. The number of carbonyl (C=O) groups excluding carboxylic acids is 1. The molecule has 1 aromatic heterocycles. The first-order chi connectivity index (χ1) is 14.2. The van der Waals surface area contributed by atoms with E-state index in [0.717, 1.165) is 43.2 Å². The number of rotatable bonds is 5. The molecule has 0 spiro atoms. The van der Waals surface area contributed by atoms with E-state index in [1.54, 1.807) is 11.1 Å². The third kappa shape index (κ3) is 4.30. The maximum Gasteiger partial charge on any atom is 0.254 e. The van der Waals surface area contributed by atoms with E-state index in [0.29, 0.717) is 5.56 Å². The van der Waals surface area contributed by atoms with Gasteiger partial charge in [0.05, 0.1) is 24.9 Å². The number of ether oxygens (including phenoxy) is 1. The number of anilines is 1. The Kier molecular flexibility index (Phi) is 5.86. The fourth-order valence-electron chi connectivity index (χ4n) is 3.72. The molecule has 1 saturated heterocycles. The summed E-state index contributed by atoms with van der Waals surface area (Å²) in [4.78, 5) is 21.8. The molecule has 0 aliphatic carbocycles. The van der Waals surface area contributed by atoms with Crippen LogP contribution in [0.1, 0.15) is 27.7 Å². The fraction of sp³-hybridized carbons (Fsp3) is 0.250. The van der Waals surface area contributed by atoms with Crippen molar-refractivity contribution in [3.05, 3.63) is 95.8 Å². The van der Waals surface area contributed by atoms with Gasteiger partial charge >= 0.3 is 0 Å². The molecule has 148 valence electrons. The number of hydrogen-bond donors (Lipinski definition) is 0. The number of carbonyl (C=O) groups is 1. The lowest BCUT2D eigenvalue weighted by Gasteiger charge is -2.30. The second-order valence-corrected chi connectivity index (χ2v) is 7.13. The normalized spacial score (nSPS) is 15.0. The lowest BCUT2D eigenvalue weighted by atomic mass is 10.0. The maximum atomic E-state index is 13.3. The molecule has 2 heterocycles. The standard InChI is InChI=1S/C24H25N3O2/c1-26(23(19-7-3-2-4-8-19)22-9-5-6-14-25-22)24(28)20-10-12-21(13-11-20)27-15-17-29-18-16-27/h2-14,23H,15-18H2,1H3/t23-/m1/s1. The molecular formula is C24H25N3O2. The first-order valence-electron chi connectivity index (χ1n) is 9.90. The molecule has 1 fully saturated rings. The highest BCUT2D eigenvalue weighted by molar-refractivity contribution is 5.95. The number of benzene rings is 2. The van der Waals surface area contributed by atoms with Gasteiger partial charge in [0.15, 0.2) is 0 Å². The molecule has 0 bridgehead atoms. The summed E-state index contributed by atoms with van der Waals surface area (Å²) in [6.45, 7) is 3.24. The first kappa shape index (κ1) is 19.2. The van der Waals surface area contributed by atoms with Crippen LogP contribution in [0.3, 0.4) is 0 Å². The number of pyridine rings is 1. The summed E-state index contributed by atoms with van der Waals surface area (Å²) >= 11 is 0. The highest BCUT2D eigenvalue weighted by atomic mass is 16.5. The van der Waals surface area contributed by atoms with E-state index in [-0.39, 0.29) is 11.9 Å². The molecule has 2 aromatic carbocycles. The van der Waals surface area contributed by atoms with Crippen molar-refractivity contribution < 1.29 is 9.53 Å². The van der Waals surface area contributed by atoms with Gasteiger partial charge < -0.3 is 14.5 Å². The minimum Gasteiger partial charge on any atom is -0.378 e. The quantitative estimate of drug-likeness (QED) is 0.668. The molecule has 5 heteroatoms. The second-order valence-electron chi connectivity index (χ2n) is 7.13. The van der Waals surface area contributed by atoms with Gasteiger partial charge in [-0.15, -0.1) is 0 Å². The second kappa shape index (κ2) is 8.88. The predicted octanol–water partition coefficient (Wildman–Crippen LogP) is 3.78. The molecule has 1 aliphatic rings. The van der Waals surface area contributed by atoms with Gasteiger partial charge in [0.1, 0.15) is 0 Å². The van der Waals surface area contributed by atoms with Crippen LogP contribution in [0.5, 0.6) is 0 Å². The van der Waals surface area contributed by atoms with Crippen LogP contribution in [0.2, 0.25) is 0 Å². The van der Waals surface area contributed by atoms with Crippen molar-refractivity contribution in [1.82, 2.24) is 9.88 Å². The third-order valence-electron chi connectivity index (χ3n) is 5.28. The lowest BCUT2D eigenvalue weighted by Crippen LogP contribution is -2.36. The van der Waals surface area contributed by atoms with Crippen molar-refractivity contribution in [2.75, 3.05) is 38.3 Å². The van der Waals surface area contributed by atoms with Crippen LogP contribution in [0, 0.1) is 0 Å². The van der Waals surface area contributed by atoms with Gasteiger partial charge in [-0.3, -0.25) is 9.78 Å². The smallest absolute Gasteiger partial charge is 0.254 e. The summed E-state index contributed by atoms with van der Waals surface area (Å²) in [6, 6.07) is 23.4. The number of morpholine rings is 1. The van der Waals surface area contributed by atoms with E-state index in [2.05, 4.69) is 9.88 Å². The minimum absolute atomic E-state index is 0.0296. The molecule has 1 atom stereocenters. The average molecular weight is 387 g/mol. The summed E-state index contributed by atoms with van der Waals surface area (Å²) in [5.74, 6) is -0.0296. The van der Waals surface area contributed by atoms with Crippen LogP contribution in [-0.2, 0) is 4.74 Å². The first-order valence-corrected chi connectivity index (χ1v) is 9.90. The number of amides is 1. The summed E-state index contributed by atoms with van der Waals surface area (Å²) in [5, 5.41) is 0. The van der Waals surface area contributed by atoms with Crippen molar-refractivity contribution in [2.45, 2.75) is 6.04 Å². The van der Waals surface area contributed by atoms with Gasteiger partial charge in [0.2, 0.25) is 0 Å². The Hall–Kier alpha value is -3.18. The van der Waals surface area contributed by atoms with Crippen LogP contribution in [0.25, 0.3) is 0 Å². The third-order valence-corrected chi connectivity index (χ3v) is 5.28. The van der Waals surface area contributed by atoms with Gasteiger partial charge in [-0.05, 0) is 42.0 Å². The number of nitrogens with zero attached hydrogens (tertiary/aromatic N) is 3. The topological polar surface area (TPSA) is 45.7 Å². The van der Waals surface area contributed by atoms with Crippen LogP contribution >= 0.6 is 0 Å². The Morgan fingerprint density at radius 1 is 0.966 bits per heavy atom. The maximum absolute atomic E-state index is 13.3. The SMILES string of the molecule is CN(C(=O)c1ccc(N2CCOCC2)cc1)[C@H](c1ccccc1)c1ccccn1. The molecule has 1 aliphatic heterocycles. The van der Waals surface area contributed by atoms with E-state index < -0.39 is 0 Å². The van der Waals surface area contributed by atoms with E-state index >= 15 is 0 Å². The van der Waals surface area contributed by atoms with Gasteiger partial charge in [0, 0.05) is 37.6 Å². The Labute approximate surface area is 171 Å². The zero-order valence-corrected chi connectivity index (χ0v) is 16.6. The number of aromatic nitrogens is 1. The van der Waals surface area contributed by atoms with Crippen molar-refractivity contribution in [1.29, 1.82) is 0 Å². The largest absolute Gasteiger partial charge is 0.378 e. The zero-order valence-electron chi connectivity index (χ0n) is 16.6. The summed E-state index contributed by atoms with van der Waals surface area (Å²) in [5.41, 5.74) is 3.67. The Morgan fingerprint density at radius 3 is 2.31 bits per heavy atom. The average Bonchev–Trinajstić information content (AvgIpc) is 2.81. The Bertz CT molecular complexity index is 884. The number of hydrogen-bond acceptors (Lipinski definition) is 4. The lowest BCUT2D eigenvalue weighted by molar-refractivity contribution is 0.0752. The van der Waals surface area contributed by atoms with Crippen molar-refractivity contribution in [3.8, 4) is 0 Å². The van der Waals surface area contributed by atoms with Crippen LogP contribution in [0.15, 0.2) is 79.0 Å².